The van der Waals surface area contributed by atoms with Crippen LogP contribution in [0.15, 0.2) is 23.1 Å². The third kappa shape index (κ3) is 3.97. The number of carbonyl (C=O) groups excluding carboxylic acids is 1. The molecule has 0 heterocycles. The summed E-state index contributed by atoms with van der Waals surface area (Å²) in [7, 11) is 2.84. The zero-order valence-electron chi connectivity index (χ0n) is 9.97. The van der Waals surface area contributed by atoms with Gasteiger partial charge in [0.1, 0.15) is 6.61 Å². The first-order valence-electron chi connectivity index (χ1n) is 5.07. The molecule has 0 bridgehead atoms. The van der Waals surface area contributed by atoms with Crippen molar-refractivity contribution in [3.63, 3.8) is 0 Å². The second kappa shape index (κ2) is 6.17. The van der Waals surface area contributed by atoms with Crippen LogP contribution in [0.2, 0.25) is 0 Å². The second-order valence-electron chi connectivity index (χ2n) is 3.54. The highest BCUT2D eigenvalue weighted by Gasteiger charge is 2.16. The van der Waals surface area contributed by atoms with E-state index in [1.807, 2.05) is 0 Å². The molecule has 1 aromatic carbocycles. The smallest absolute Gasteiger partial charge is 0.338 e. The molecule has 0 saturated heterocycles. The summed E-state index contributed by atoms with van der Waals surface area (Å²) in [6, 6.07) is 4.04. The molecule has 1 rings (SSSR count). The van der Waals surface area contributed by atoms with E-state index in [4.69, 9.17) is 20.2 Å². The van der Waals surface area contributed by atoms with Gasteiger partial charge in [-0.05, 0) is 24.6 Å². The molecule has 7 heteroatoms. The lowest BCUT2D eigenvalue weighted by Crippen LogP contribution is -2.11. The predicted octanol–water partition coefficient (Wildman–Crippen LogP) is 1.73. The third-order valence-electron chi connectivity index (χ3n) is 2.23. The number of methoxy groups -OCH3 is 1. The number of aryl methyl sites for hydroxylation is 1. The summed E-state index contributed by atoms with van der Waals surface area (Å²) in [4.78, 5) is 11.6. The van der Waals surface area contributed by atoms with Gasteiger partial charge in [-0.1, -0.05) is 6.07 Å². The molecule has 5 nitrogen and oxygen atoms in total. The summed E-state index contributed by atoms with van der Waals surface area (Å²) >= 11 is 0. The highest BCUT2D eigenvalue weighted by atomic mass is 35.7. The number of hydrogen-bond acceptors (Lipinski definition) is 5. The maximum Gasteiger partial charge on any atom is 0.338 e. The largest absolute Gasteiger partial charge is 0.460 e. The normalized spacial score (nSPS) is 11.3. The Morgan fingerprint density at radius 3 is 2.56 bits per heavy atom. The van der Waals surface area contributed by atoms with Gasteiger partial charge in [0.25, 0.3) is 9.05 Å². The fraction of sp³-hybridized carbons (Fsp3) is 0.364. The molecule has 1 aromatic rings. The van der Waals surface area contributed by atoms with Gasteiger partial charge in [0, 0.05) is 17.8 Å². The average molecular weight is 293 g/mol. The van der Waals surface area contributed by atoms with Crippen molar-refractivity contribution in [3.8, 4) is 0 Å². The van der Waals surface area contributed by atoms with Crippen LogP contribution in [0.5, 0.6) is 0 Å². The molecule has 0 aliphatic rings. The Labute approximate surface area is 110 Å². The lowest BCUT2D eigenvalue weighted by Gasteiger charge is -2.07. The zero-order valence-corrected chi connectivity index (χ0v) is 11.5. The number of esters is 1. The first-order chi connectivity index (χ1) is 8.36. The summed E-state index contributed by atoms with van der Waals surface area (Å²) in [6.45, 7) is 2.06. The molecule has 0 aliphatic carbocycles. The molecular weight excluding hydrogens is 280 g/mol. The van der Waals surface area contributed by atoms with Gasteiger partial charge < -0.3 is 9.47 Å². The van der Waals surface area contributed by atoms with E-state index >= 15 is 0 Å². The minimum absolute atomic E-state index is 0.104. The predicted molar refractivity (Wildman–Crippen MR) is 66.4 cm³/mol. The first kappa shape index (κ1) is 14.9. The molecule has 18 heavy (non-hydrogen) atoms. The molecule has 0 aromatic heterocycles. The van der Waals surface area contributed by atoms with Crippen LogP contribution in [0.4, 0.5) is 0 Å². The number of hydrogen-bond donors (Lipinski definition) is 0. The van der Waals surface area contributed by atoms with Gasteiger partial charge in [-0.3, -0.25) is 0 Å². The van der Waals surface area contributed by atoms with Crippen LogP contribution in [-0.4, -0.2) is 34.7 Å². The molecule has 100 valence electrons. The van der Waals surface area contributed by atoms with E-state index < -0.39 is 15.0 Å². The van der Waals surface area contributed by atoms with Gasteiger partial charge >= 0.3 is 5.97 Å². The van der Waals surface area contributed by atoms with Crippen molar-refractivity contribution in [2.75, 3.05) is 20.3 Å². The van der Waals surface area contributed by atoms with Gasteiger partial charge in [0.05, 0.1) is 17.1 Å². The van der Waals surface area contributed by atoms with Gasteiger partial charge in [0.2, 0.25) is 0 Å². The van der Waals surface area contributed by atoms with Gasteiger partial charge in [-0.2, -0.15) is 0 Å². The molecular formula is C11H13ClO5S. The fourth-order valence-corrected chi connectivity index (χ4v) is 2.05. The number of rotatable bonds is 5. The van der Waals surface area contributed by atoms with Crippen molar-refractivity contribution in [2.45, 2.75) is 11.8 Å². The standard InChI is InChI=1S/C11H13ClO5S/c1-8-3-4-9(18(12,14)15)7-10(8)11(13)17-6-5-16-2/h3-4,7H,5-6H2,1-2H3. The zero-order chi connectivity index (χ0) is 13.8. The Morgan fingerprint density at radius 1 is 1.33 bits per heavy atom. The van der Waals surface area contributed by atoms with E-state index in [0.717, 1.165) is 0 Å². The van der Waals surface area contributed by atoms with Crippen LogP contribution in [-0.2, 0) is 18.5 Å². The van der Waals surface area contributed by atoms with Crippen molar-refractivity contribution in [1.29, 1.82) is 0 Å². The molecule has 0 atom stereocenters. The van der Waals surface area contributed by atoms with Crippen LogP contribution in [0.3, 0.4) is 0 Å². The second-order valence-corrected chi connectivity index (χ2v) is 6.11. The summed E-state index contributed by atoms with van der Waals surface area (Å²) in [6.07, 6.45) is 0. The summed E-state index contributed by atoms with van der Waals surface area (Å²) in [5.41, 5.74) is 0.786. The van der Waals surface area contributed by atoms with Gasteiger partial charge in [0.15, 0.2) is 0 Å². The highest BCUT2D eigenvalue weighted by Crippen LogP contribution is 2.19. The van der Waals surface area contributed by atoms with Gasteiger partial charge in [-0.25, -0.2) is 13.2 Å². The van der Waals surface area contributed by atoms with Crippen LogP contribution in [0.1, 0.15) is 15.9 Å². The van der Waals surface area contributed by atoms with E-state index in [1.165, 1.54) is 25.3 Å². The van der Waals surface area contributed by atoms with E-state index in [2.05, 4.69) is 0 Å². The van der Waals surface area contributed by atoms with Crippen LogP contribution in [0.25, 0.3) is 0 Å². The van der Waals surface area contributed by atoms with Crippen molar-refractivity contribution in [2.24, 2.45) is 0 Å². The topological polar surface area (TPSA) is 69.7 Å². The SMILES string of the molecule is COCCOC(=O)c1cc(S(=O)(=O)Cl)ccc1C. The molecule has 0 spiro atoms. The quantitative estimate of drug-likeness (QED) is 0.469. The molecule has 0 N–H and O–H groups in total. The minimum atomic E-state index is -3.86. The first-order valence-corrected chi connectivity index (χ1v) is 7.38. The van der Waals surface area contributed by atoms with Crippen LogP contribution < -0.4 is 0 Å². The lowest BCUT2D eigenvalue weighted by atomic mass is 10.1. The Bertz CT molecular complexity index is 538. The Hall–Kier alpha value is -1.11. The highest BCUT2D eigenvalue weighted by molar-refractivity contribution is 8.13. The minimum Gasteiger partial charge on any atom is -0.460 e. The van der Waals surface area contributed by atoms with E-state index in [0.29, 0.717) is 5.56 Å². The lowest BCUT2D eigenvalue weighted by molar-refractivity contribution is 0.0387. The van der Waals surface area contributed by atoms with Crippen LogP contribution >= 0.6 is 10.7 Å². The number of carbonyl (C=O) groups is 1. The molecule has 0 fully saturated rings. The molecule has 0 radical (unpaired) electrons. The number of benzene rings is 1. The van der Waals surface area contributed by atoms with Crippen molar-refractivity contribution in [1.82, 2.24) is 0 Å². The summed E-state index contributed by atoms with van der Waals surface area (Å²) < 4.78 is 32.0. The summed E-state index contributed by atoms with van der Waals surface area (Å²) in [5.74, 6) is -0.605. The molecule has 0 unspecified atom stereocenters. The third-order valence-corrected chi connectivity index (χ3v) is 3.58. The Morgan fingerprint density at radius 2 is 2.00 bits per heavy atom. The van der Waals surface area contributed by atoms with Crippen LogP contribution in [0, 0.1) is 6.92 Å². The van der Waals surface area contributed by atoms with E-state index in [1.54, 1.807) is 6.92 Å². The molecule has 0 saturated carbocycles. The molecule has 0 aliphatic heterocycles. The fourth-order valence-electron chi connectivity index (χ4n) is 1.27. The van der Waals surface area contributed by atoms with Gasteiger partial charge in [-0.15, -0.1) is 0 Å². The Balaban J connectivity index is 2.97. The van der Waals surface area contributed by atoms with Crippen molar-refractivity contribution >= 4 is 25.7 Å². The Kier molecular flexibility index (Phi) is 5.13. The molecule has 0 amide bonds. The number of ether oxygens (including phenoxy) is 2. The monoisotopic (exact) mass is 292 g/mol. The van der Waals surface area contributed by atoms with E-state index in [9.17, 15) is 13.2 Å². The van der Waals surface area contributed by atoms with E-state index in [-0.39, 0.29) is 23.7 Å². The van der Waals surface area contributed by atoms with Crippen molar-refractivity contribution in [3.05, 3.63) is 29.3 Å². The summed E-state index contributed by atoms with van der Waals surface area (Å²) in [5, 5.41) is 0. The maximum absolute atomic E-state index is 11.7. The maximum atomic E-state index is 11.7. The van der Waals surface area contributed by atoms with Crippen molar-refractivity contribution < 1.29 is 22.7 Å². The number of halogens is 1. The average Bonchev–Trinajstić information content (AvgIpc) is 2.28.